The molecule has 0 bridgehead atoms. The molecule has 2 amide bonds. The van der Waals surface area contributed by atoms with Gasteiger partial charge in [0.2, 0.25) is 11.8 Å². The van der Waals surface area contributed by atoms with Gasteiger partial charge in [0.05, 0.1) is 29.8 Å². The molecule has 1 unspecified atom stereocenters. The van der Waals surface area contributed by atoms with Gasteiger partial charge in [-0.25, -0.2) is 9.69 Å². The van der Waals surface area contributed by atoms with E-state index >= 15 is 0 Å². The number of hydrogen-bond acceptors (Lipinski definition) is 6. The first-order valence-corrected chi connectivity index (χ1v) is 10.8. The molecule has 2 saturated heterocycles. The number of nitrogens with zero attached hydrogens (tertiary/aromatic N) is 3. The standard InChI is InChI=1S/C25H25N3O4/c1-14-9-11-16(12-10-14)27-22(29)18-19(23(27)30)21(24(31)32-25(2,3)4)28-20(18)17-8-6-5-7-15(17)13-26-28/h5-13,18-21H,1-4H3/t18-,19+,20?,21-/m1/s1. The van der Waals surface area contributed by atoms with Crippen LogP contribution < -0.4 is 4.90 Å². The van der Waals surface area contributed by atoms with E-state index in [0.29, 0.717) is 5.69 Å². The van der Waals surface area contributed by atoms with Crippen LogP contribution in [0.5, 0.6) is 0 Å². The summed E-state index contributed by atoms with van der Waals surface area (Å²) in [6.45, 7) is 7.29. The Morgan fingerprint density at radius 1 is 0.969 bits per heavy atom. The third-order valence-corrected chi connectivity index (χ3v) is 6.23. The number of rotatable bonds is 2. The molecular weight excluding hydrogens is 406 g/mol. The molecule has 3 aliphatic rings. The molecule has 2 fully saturated rings. The highest BCUT2D eigenvalue weighted by Gasteiger charge is 2.66. The molecule has 0 aromatic heterocycles. The number of imide groups is 1. The molecule has 3 aliphatic heterocycles. The van der Waals surface area contributed by atoms with Gasteiger partial charge in [0.25, 0.3) is 0 Å². The molecule has 2 aromatic rings. The number of fused-ring (bicyclic) bond motifs is 5. The van der Waals surface area contributed by atoms with Gasteiger partial charge < -0.3 is 4.74 Å². The molecule has 2 aromatic carbocycles. The van der Waals surface area contributed by atoms with Crippen molar-refractivity contribution in [3.63, 3.8) is 0 Å². The van der Waals surface area contributed by atoms with E-state index in [0.717, 1.165) is 16.7 Å². The number of carbonyl (C=O) groups excluding carboxylic acids is 3. The maximum atomic E-state index is 13.7. The lowest BCUT2D eigenvalue weighted by Gasteiger charge is -2.34. The number of amides is 2. The zero-order valence-electron chi connectivity index (χ0n) is 18.5. The molecule has 3 heterocycles. The first kappa shape index (κ1) is 20.4. The van der Waals surface area contributed by atoms with Gasteiger partial charge in [0.15, 0.2) is 6.04 Å². The van der Waals surface area contributed by atoms with Crippen LogP contribution in [0.25, 0.3) is 0 Å². The van der Waals surface area contributed by atoms with E-state index in [4.69, 9.17) is 4.74 Å². The fourth-order valence-electron chi connectivity index (χ4n) is 4.95. The molecule has 0 aliphatic carbocycles. The van der Waals surface area contributed by atoms with Crippen molar-refractivity contribution in [2.45, 2.75) is 45.4 Å². The molecule has 0 N–H and O–H groups in total. The Morgan fingerprint density at radius 2 is 1.62 bits per heavy atom. The second-order valence-corrected chi connectivity index (χ2v) is 9.58. The maximum absolute atomic E-state index is 13.7. The Morgan fingerprint density at radius 3 is 2.31 bits per heavy atom. The van der Waals surface area contributed by atoms with E-state index in [-0.39, 0.29) is 11.8 Å². The van der Waals surface area contributed by atoms with E-state index in [2.05, 4.69) is 5.10 Å². The molecule has 164 valence electrons. The summed E-state index contributed by atoms with van der Waals surface area (Å²) in [4.78, 5) is 41.8. The van der Waals surface area contributed by atoms with Crippen LogP contribution >= 0.6 is 0 Å². The Kier molecular flexibility index (Phi) is 4.48. The fraction of sp³-hybridized carbons (Fsp3) is 0.360. The number of aryl methyl sites for hydroxylation is 1. The van der Waals surface area contributed by atoms with Crippen molar-refractivity contribution in [1.82, 2.24) is 5.01 Å². The quantitative estimate of drug-likeness (QED) is 0.539. The number of hydrogen-bond donors (Lipinski definition) is 0. The number of hydrazone groups is 1. The molecule has 0 spiro atoms. The summed E-state index contributed by atoms with van der Waals surface area (Å²) in [6.07, 6.45) is 1.68. The van der Waals surface area contributed by atoms with Crippen LogP contribution in [-0.2, 0) is 19.1 Å². The normalized spacial score (nSPS) is 26.1. The average molecular weight is 431 g/mol. The van der Waals surface area contributed by atoms with Crippen molar-refractivity contribution in [2.24, 2.45) is 16.9 Å². The average Bonchev–Trinajstić information content (AvgIpc) is 3.21. The van der Waals surface area contributed by atoms with Crippen LogP contribution in [0.1, 0.15) is 43.5 Å². The highest BCUT2D eigenvalue weighted by Crippen LogP contribution is 2.52. The molecule has 7 nitrogen and oxygen atoms in total. The Hall–Kier alpha value is -3.48. The third-order valence-electron chi connectivity index (χ3n) is 6.23. The van der Waals surface area contributed by atoms with Gasteiger partial charge in [-0.3, -0.25) is 14.6 Å². The highest BCUT2D eigenvalue weighted by molar-refractivity contribution is 6.23. The van der Waals surface area contributed by atoms with Crippen molar-refractivity contribution in [1.29, 1.82) is 0 Å². The van der Waals surface area contributed by atoms with E-state index in [1.807, 2.05) is 43.3 Å². The lowest BCUT2D eigenvalue weighted by molar-refractivity contribution is -0.163. The number of carbonyl (C=O) groups is 3. The maximum Gasteiger partial charge on any atom is 0.331 e. The fourth-order valence-corrected chi connectivity index (χ4v) is 4.95. The first-order chi connectivity index (χ1) is 15.2. The summed E-state index contributed by atoms with van der Waals surface area (Å²) in [6, 6.07) is 13.4. The van der Waals surface area contributed by atoms with Crippen molar-refractivity contribution in [2.75, 3.05) is 4.90 Å². The summed E-state index contributed by atoms with van der Waals surface area (Å²) in [5.41, 5.74) is 2.58. The Bertz CT molecular complexity index is 1150. The van der Waals surface area contributed by atoms with E-state index in [9.17, 15) is 14.4 Å². The van der Waals surface area contributed by atoms with E-state index in [1.54, 1.807) is 44.1 Å². The van der Waals surface area contributed by atoms with Crippen LogP contribution in [-0.4, -0.2) is 40.7 Å². The highest BCUT2D eigenvalue weighted by atomic mass is 16.6. The molecule has 7 heteroatoms. The first-order valence-electron chi connectivity index (χ1n) is 10.8. The summed E-state index contributed by atoms with van der Waals surface area (Å²) in [7, 11) is 0. The zero-order chi connectivity index (χ0) is 22.8. The molecular formula is C25H25N3O4. The number of esters is 1. The lowest BCUT2D eigenvalue weighted by atomic mass is 9.85. The van der Waals surface area contributed by atoms with Gasteiger partial charge in [-0.05, 0) is 51.0 Å². The second-order valence-electron chi connectivity index (χ2n) is 9.58. The SMILES string of the molecule is Cc1ccc(N2C(=O)[C@H]3[C@@H](C2=O)C2c4ccccc4C=NN2[C@H]3C(=O)OC(C)(C)C)cc1. The van der Waals surface area contributed by atoms with Crippen LogP contribution in [0.4, 0.5) is 5.69 Å². The Balaban J connectivity index is 1.62. The van der Waals surface area contributed by atoms with Gasteiger partial charge in [0, 0.05) is 0 Å². The van der Waals surface area contributed by atoms with Crippen LogP contribution in [0.3, 0.4) is 0 Å². The van der Waals surface area contributed by atoms with Gasteiger partial charge in [0.1, 0.15) is 5.60 Å². The smallest absolute Gasteiger partial charge is 0.331 e. The van der Waals surface area contributed by atoms with Gasteiger partial charge >= 0.3 is 5.97 Å². The predicted octanol–water partition coefficient (Wildman–Crippen LogP) is 3.22. The van der Waals surface area contributed by atoms with Crippen molar-refractivity contribution >= 4 is 29.7 Å². The van der Waals surface area contributed by atoms with Gasteiger partial charge in [-0.1, -0.05) is 42.0 Å². The van der Waals surface area contributed by atoms with Crippen molar-refractivity contribution < 1.29 is 19.1 Å². The van der Waals surface area contributed by atoms with Crippen LogP contribution in [0, 0.1) is 18.8 Å². The van der Waals surface area contributed by atoms with E-state index < -0.39 is 35.5 Å². The van der Waals surface area contributed by atoms with Crippen LogP contribution in [0.15, 0.2) is 53.6 Å². The monoisotopic (exact) mass is 431 g/mol. The van der Waals surface area contributed by atoms with Crippen LogP contribution in [0.2, 0.25) is 0 Å². The Labute approximate surface area is 186 Å². The minimum atomic E-state index is -0.972. The zero-order valence-corrected chi connectivity index (χ0v) is 18.5. The molecule has 32 heavy (non-hydrogen) atoms. The predicted molar refractivity (Wildman–Crippen MR) is 119 cm³/mol. The summed E-state index contributed by atoms with van der Waals surface area (Å²) in [5.74, 6) is -2.83. The summed E-state index contributed by atoms with van der Waals surface area (Å²) >= 11 is 0. The second kappa shape index (κ2) is 7.02. The number of anilines is 1. The van der Waals surface area contributed by atoms with Gasteiger partial charge in [-0.15, -0.1) is 0 Å². The van der Waals surface area contributed by atoms with Gasteiger partial charge in [-0.2, -0.15) is 5.10 Å². The molecule has 0 radical (unpaired) electrons. The lowest BCUT2D eigenvalue weighted by Crippen LogP contribution is -2.46. The van der Waals surface area contributed by atoms with Crippen molar-refractivity contribution in [3.05, 3.63) is 65.2 Å². The third kappa shape index (κ3) is 3.03. The molecule has 4 atom stereocenters. The molecule has 5 rings (SSSR count). The number of ether oxygens (including phenoxy) is 1. The van der Waals surface area contributed by atoms with Crippen molar-refractivity contribution in [3.8, 4) is 0 Å². The minimum Gasteiger partial charge on any atom is -0.458 e. The summed E-state index contributed by atoms with van der Waals surface area (Å²) in [5, 5.41) is 6.12. The topological polar surface area (TPSA) is 79.3 Å². The van der Waals surface area contributed by atoms with E-state index in [1.165, 1.54) is 4.90 Å². The minimum absolute atomic E-state index is 0.309. The largest absolute Gasteiger partial charge is 0.458 e. The number of benzene rings is 2. The molecule has 0 saturated carbocycles. The summed E-state index contributed by atoms with van der Waals surface area (Å²) < 4.78 is 5.67.